The molecule has 0 aromatic carbocycles. The largest absolute Gasteiger partial charge is 0.463 e. The standard InChI is InChI=1S/C7H7NOS/c10-4-5-3-7-6(8-5)1-2-9-7/h1-3,8,10H,4H2. The third-order valence-corrected chi connectivity index (χ3v) is 1.81. The number of H-pyrrole nitrogens is 1. The molecule has 0 spiro atoms. The van der Waals surface area contributed by atoms with Gasteiger partial charge in [-0.1, -0.05) is 0 Å². The Morgan fingerprint density at radius 2 is 2.50 bits per heavy atom. The van der Waals surface area contributed by atoms with E-state index in [0.717, 1.165) is 22.5 Å². The number of rotatable bonds is 1. The SMILES string of the molecule is SCc1cc2occc2[nH]1. The summed E-state index contributed by atoms with van der Waals surface area (Å²) >= 11 is 4.12. The van der Waals surface area contributed by atoms with E-state index in [1.54, 1.807) is 6.26 Å². The highest BCUT2D eigenvalue weighted by Crippen LogP contribution is 2.16. The summed E-state index contributed by atoms with van der Waals surface area (Å²) in [4.78, 5) is 3.16. The molecule has 0 unspecified atom stereocenters. The molecule has 0 aliphatic heterocycles. The molecule has 3 heteroatoms. The highest BCUT2D eigenvalue weighted by atomic mass is 32.1. The van der Waals surface area contributed by atoms with Gasteiger partial charge < -0.3 is 9.40 Å². The fourth-order valence-corrected chi connectivity index (χ4v) is 1.16. The van der Waals surface area contributed by atoms with Gasteiger partial charge in [-0.2, -0.15) is 12.6 Å². The molecule has 2 heterocycles. The summed E-state index contributed by atoms with van der Waals surface area (Å²) in [5.74, 6) is 0.726. The number of hydrogen-bond donors (Lipinski definition) is 2. The van der Waals surface area contributed by atoms with Crippen molar-refractivity contribution in [2.75, 3.05) is 0 Å². The molecule has 2 aromatic rings. The zero-order valence-electron chi connectivity index (χ0n) is 5.29. The molecule has 0 saturated heterocycles. The lowest BCUT2D eigenvalue weighted by atomic mass is 10.4. The molecule has 0 bridgehead atoms. The Hall–Kier alpha value is -0.830. The fraction of sp³-hybridized carbons (Fsp3) is 0.143. The summed E-state index contributed by atoms with van der Waals surface area (Å²) in [6.45, 7) is 0. The van der Waals surface area contributed by atoms with Crippen LogP contribution < -0.4 is 0 Å². The Kier molecular flexibility index (Phi) is 1.24. The van der Waals surface area contributed by atoms with E-state index >= 15 is 0 Å². The van der Waals surface area contributed by atoms with Gasteiger partial charge in [-0.25, -0.2) is 0 Å². The lowest BCUT2D eigenvalue weighted by Crippen LogP contribution is -1.72. The van der Waals surface area contributed by atoms with Crippen LogP contribution in [0.15, 0.2) is 22.8 Å². The summed E-state index contributed by atoms with van der Waals surface area (Å²) < 4.78 is 5.14. The van der Waals surface area contributed by atoms with Crippen LogP contribution in [-0.2, 0) is 5.75 Å². The third-order valence-electron chi connectivity index (χ3n) is 1.47. The van der Waals surface area contributed by atoms with Gasteiger partial charge in [0.15, 0.2) is 5.58 Å². The van der Waals surface area contributed by atoms with Gasteiger partial charge in [-0.15, -0.1) is 0 Å². The van der Waals surface area contributed by atoms with E-state index in [4.69, 9.17) is 4.42 Å². The van der Waals surface area contributed by atoms with Crippen molar-refractivity contribution in [3.63, 3.8) is 0 Å². The monoisotopic (exact) mass is 153 g/mol. The predicted octanol–water partition coefficient (Wildman–Crippen LogP) is 2.19. The van der Waals surface area contributed by atoms with Crippen molar-refractivity contribution in [3.05, 3.63) is 24.1 Å². The molecule has 0 atom stereocenters. The second-order valence-corrected chi connectivity index (χ2v) is 2.47. The minimum atomic E-state index is 0.726. The van der Waals surface area contributed by atoms with Crippen LogP contribution in [-0.4, -0.2) is 4.98 Å². The minimum absolute atomic E-state index is 0.726. The molecule has 0 fully saturated rings. The molecular weight excluding hydrogens is 146 g/mol. The Morgan fingerprint density at radius 3 is 3.20 bits per heavy atom. The van der Waals surface area contributed by atoms with Crippen molar-refractivity contribution >= 4 is 23.7 Å². The highest BCUT2D eigenvalue weighted by Gasteiger charge is 1.99. The summed E-state index contributed by atoms with van der Waals surface area (Å²) in [6.07, 6.45) is 1.67. The van der Waals surface area contributed by atoms with Gasteiger partial charge >= 0.3 is 0 Å². The van der Waals surface area contributed by atoms with Crippen molar-refractivity contribution in [2.24, 2.45) is 0 Å². The fourth-order valence-electron chi connectivity index (χ4n) is 0.988. The van der Waals surface area contributed by atoms with Gasteiger partial charge in [0.1, 0.15) is 0 Å². The summed E-state index contributed by atoms with van der Waals surface area (Å²) in [7, 11) is 0. The van der Waals surface area contributed by atoms with E-state index < -0.39 is 0 Å². The smallest absolute Gasteiger partial charge is 0.151 e. The van der Waals surface area contributed by atoms with Crippen LogP contribution in [0.4, 0.5) is 0 Å². The third kappa shape index (κ3) is 0.743. The van der Waals surface area contributed by atoms with E-state index in [1.807, 2.05) is 12.1 Å². The first-order chi connectivity index (χ1) is 4.90. The van der Waals surface area contributed by atoms with Gasteiger partial charge in [0, 0.05) is 23.6 Å². The van der Waals surface area contributed by atoms with Crippen molar-refractivity contribution in [2.45, 2.75) is 5.75 Å². The van der Waals surface area contributed by atoms with Crippen LogP contribution in [0, 0.1) is 0 Å². The summed E-state index contributed by atoms with van der Waals surface area (Å²) in [6, 6.07) is 3.87. The zero-order chi connectivity index (χ0) is 6.97. The molecule has 52 valence electrons. The Balaban J connectivity index is 2.67. The minimum Gasteiger partial charge on any atom is -0.463 e. The van der Waals surface area contributed by atoms with Gasteiger partial charge in [0.2, 0.25) is 0 Å². The van der Waals surface area contributed by atoms with Crippen molar-refractivity contribution in [1.29, 1.82) is 0 Å². The first-order valence-corrected chi connectivity index (χ1v) is 3.69. The second kappa shape index (κ2) is 2.09. The molecule has 1 N–H and O–H groups in total. The molecule has 0 amide bonds. The molecule has 2 rings (SSSR count). The van der Waals surface area contributed by atoms with E-state index in [1.165, 1.54) is 0 Å². The molecule has 0 aliphatic carbocycles. The zero-order valence-corrected chi connectivity index (χ0v) is 6.19. The lowest BCUT2D eigenvalue weighted by molar-refractivity contribution is 0.616. The van der Waals surface area contributed by atoms with Gasteiger partial charge in [0.05, 0.1) is 11.8 Å². The molecule has 10 heavy (non-hydrogen) atoms. The topological polar surface area (TPSA) is 28.9 Å². The molecular formula is C7H7NOS. The first kappa shape index (κ1) is 5.92. The average molecular weight is 153 g/mol. The van der Waals surface area contributed by atoms with Crippen LogP contribution in [0.2, 0.25) is 0 Å². The van der Waals surface area contributed by atoms with Crippen LogP contribution in [0.3, 0.4) is 0 Å². The van der Waals surface area contributed by atoms with E-state index in [-0.39, 0.29) is 0 Å². The van der Waals surface area contributed by atoms with E-state index in [9.17, 15) is 0 Å². The number of hydrogen-bond acceptors (Lipinski definition) is 2. The van der Waals surface area contributed by atoms with Crippen molar-refractivity contribution < 1.29 is 4.42 Å². The molecule has 2 nitrogen and oxygen atoms in total. The summed E-state index contributed by atoms with van der Waals surface area (Å²) in [5.41, 5.74) is 3.05. The van der Waals surface area contributed by atoms with Crippen LogP contribution in [0.1, 0.15) is 5.69 Å². The number of aromatic amines is 1. The maximum Gasteiger partial charge on any atom is 0.151 e. The number of nitrogens with one attached hydrogen (secondary N) is 1. The summed E-state index contributed by atoms with van der Waals surface area (Å²) in [5, 5.41) is 0. The predicted molar refractivity (Wildman–Crippen MR) is 43.3 cm³/mol. The molecule has 0 radical (unpaired) electrons. The Bertz CT molecular complexity index is 307. The van der Waals surface area contributed by atoms with Crippen LogP contribution in [0.5, 0.6) is 0 Å². The van der Waals surface area contributed by atoms with Gasteiger partial charge in [-0.3, -0.25) is 0 Å². The average Bonchev–Trinajstić information content (AvgIpc) is 2.42. The first-order valence-electron chi connectivity index (χ1n) is 3.06. The van der Waals surface area contributed by atoms with Crippen molar-refractivity contribution in [3.8, 4) is 0 Å². The maximum atomic E-state index is 5.14. The number of aromatic nitrogens is 1. The Labute approximate surface area is 63.6 Å². The van der Waals surface area contributed by atoms with E-state index in [2.05, 4.69) is 17.6 Å². The molecule has 0 aliphatic rings. The number of furan rings is 1. The molecule has 0 saturated carbocycles. The van der Waals surface area contributed by atoms with E-state index in [0.29, 0.717) is 0 Å². The quantitative estimate of drug-likeness (QED) is 0.604. The van der Waals surface area contributed by atoms with Crippen LogP contribution in [0.25, 0.3) is 11.1 Å². The number of thiol groups is 1. The normalized spacial score (nSPS) is 10.9. The van der Waals surface area contributed by atoms with Crippen molar-refractivity contribution in [1.82, 2.24) is 4.98 Å². The van der Waals surface area contributed by atoms with Gasteiger partial charge in [0.25, 0.3) is 0 Å². The maximum absolute atomic E-state index is 5.14. The molecule has 2 aromatic heterocycles. The number of fused-ring (bicyclic) bond motifs is 1. The second-order valence-electron chi connectivity index (χ2n) is 2.15. The van der Waals surface area contributed by atoms with Crippen LogP contribution >= 0.6 is 12.6 Å². The highest BCUT2D eigenvalue weighted by molar-refractivity contribution is 7.79. The lowest BCUT2D eigenvalue weighted by Gasteiger charge is -1.82. The van der Waals surface area contributed by atoms with Gasteiger partial charge in [-0.05, 0) is 0 Å². The Morgan fingerprint density at radius 1 is 1.60 bits per heavy atom.